The van der Waals surface area contributed by atoms with E-state index in [1.165, 1.54) is 19.6 Å². The molecule has 1 saturated heterocycles. The molecular formula is C21H23NO5. The van der Waals surface area contributed by atoms with Gasteiger partial charge in [0, 0.05) is 24.2 Å². The number of aromatic hydroxyl groups is 1. The summed E-state index contributed by atoms with van der Waals surface area (Å²) in [5.74, 6) is 0.378. The Morgan fingerprint density at radius 1 is 1.04 bits per heavy atom. The molecule has 0 bridgehead atoms. The fourth-order valence-electron chi connectivity index (χ4n) is 2.85. The first-order chi connectivity index (χ1) is 13.1. The van der Waals surface area contributed by atoms with Crippen LogP contribution in [0.5, 0.6) is 11.5 Å². The van der Waals surface area contributed by atoms with Crippen molar-refractivity contribution in [3.8, 4) is 11.5 Å². The summed E-state index contributed by atoms with van der Waals surface area (Å²) in [5.41, 5.74) is 1.37. The molecule has 142 valence electrons. The summed E-state index contributed by atoms with van der Waals surface area (Å²) in [6, 6.07) is 11.5. The van der Waals surface area contributed by atoms with Gasteiger partial charge in [0.1, 0.15) is 17.8 Å². The molecule has 0 unspecified atom stereocenters. The molecule has 1 fully saturated rings. The quantitative estimate of drug-likeness (QED) is 0.836. The van der Waals surface area contributed by atoms with Crippen molar-refractivity contribution in [2.45, 2.75) is 19.3 Å². The molecule has 1 N–H and O–H groups in total. The molecular weight excluding hydrogens is 346 g/mol. The van der Waals surface area contributed by atoms with Gasteiger partial charge in [0.15, 0.2) is 6.29 Å². The number of phenolic OH excluding ortho intramolecular Hbond substituents is 1. The number of rotatable bonds is 4. The van der Waals surface area contributed by atoms with Crippen molar-refractivity contribution >= 4 is 18.5 Å². The maximum atomic E-state index is 12.1. The molecule has 1 heterocycles. The SMILES string of the molecule is COc1cccc(O)c1C=O.O=Cc1cccc(C(=O)N2CCCCC2)c1. The van der Waals surface area contributed by atoms with Crippen molar-refractivity contribution in [3.63, 3.8) is 0 Å². The van der Waals surface area contributed by atoms with Crippen LogP contribution in [0.15, 0.2) is 42.5 Å². The second kappa shape index (κ2) is 10.1. The molecule has 0 spiro atoms. The molecule has 1 amide bonds. The van der Waals surface area contributed by atoms with Crippen molar-refractivity contribution < 1.29 is 24.2 Å². The van der Waals surface area contributed by atoms with Gasteiger partial charge in [0.25, 0.3) is 5.91 Å². The van der Waals surface area contributed by atoms with E-state index in [4.69, 9.17) is 9.84 Å². The van der Waals surface area contributed by atoms with E-state index in [2.05, 4.69) is 0 Å². The van der Waals surface area contributed by atoms with Gasteiger partial charge >= 0.3 is 0 Å². The predicted octanol–water partition coefficient (Wildman–Crippen LogP) is 3.34. The molecule has 2 aromatic carbocycles. The third kappa shape index (κ3) is 5.41. The summed E-state index contributed by atoms with van der Waals surface area (Å²) in [6.45, 7) is 1.67. The fraction of sp³-hybridized carbons (Fsp3) is 0.286. The zero-order valence-electron chi connectivity index (χ0n) is 15.3. The minimum atomic E-state index is -0.0562. The summed E-state index contributed by atoms with van der Waals surface area (Å²) >= 11 is 0. The van der Waals surface area contributed by atoms with Crippen LogP contribution in [0, 0.1) is 0 Å². The molecule has 6 nitrogen and oxygen atoms in total. The molecule has 3 rings (SSSR count). The number of piperidine rings is 1. The highest BCUT2D eigenvalue weighted by atomic mass is 16.5. The Morgan fingerprint density at radius 3 is 2.33 bits per heavy atom. The van der Waals surface area contributed by atoms with Crippen LogP contribution in [0.25, 0.3) is 0 Å². The van der Waals surface area contributed by atoms with Crippen LogP contribution < -0.4 is 4.74 Å². The molecule has 0 saturated carbocycles. The van der Waals surface area contributed by atoms with E-state index in [0.717, 1.165) is 32.2 Å². The highest BCUT2D eigenvalue weighted by molar-refractivity contribution is 5.95. The number of phenols is 1. The van der Waals surface area contributed by atoms with E-state index in [-0.39, 0.29) is 17.2 Å². The smallest absolute Gasteiger partial charge is 0.253 e. The summed E-state index contributed by atoms with van der Waals surface area (Å²) < 4.78 is 4.83. The molecule has 1 aliphatic rings. The van der Waals surface area contributed by atoms with Crippen LogP contribution in [-0.2, 0) is 0 Å². The molecule has 6 heteroatoms. The van der Waals surface area contributed by atoms with Crippen molar-refractivity contribution in [3.05, 3.63) is 59.2 Å². The van der Waals surface area contributed by atoms with Crippen LogP contribution >= 0.6 is 0 Å². The first kappa shape index (κ1) is 20.2. The van der Waals surface area contributed by atoms with Gasteiger partial charge in [-0.3, -0.25) is 14.4 Å². The Kier molecular flexibility index (Phi) is 7.55. The number of hydrogen-bond acceptors (Lipinski definition) is 5. The van der Waals surface area contributed by atoms with Crippen LogP contribution in [0.2, 0.25) is 0 Å². The number of hydrogen-bond donors (Lipinski definition) is 1. The number of carbonyl (C=O) groups excluding carboxylic acids is 3. The average molecular weight is 369 g/mol. The Balaban J connectivity index is 0.000000208. The minimum absolute atomic E-state index is 0.0448. The van der Waals surface area contributed by atoms with E-state index in [0.29, 0.717) is 23.2 Å². The summed E-state index contributed by atoms with van der Waals surface area (Å²) in [7, 11) is 1.45. The molecule has 0 radical (unpaired) electrons. The van der Waals surface area contributed by atoms with Crippen molar-refractivity contribution in [2.24, 2.45) is 0 Å². The molecule has 1 aliphatic heterocycles. The standard InChI is InChI=1S/C13H15NO2.C8H8O3/c15-10-11-5-4-6-12(9-11)13(16)14-7-2-1-3-8-14;1-11-8-4-2-3-7(10)6(8)5-9/h4-6,9-10H,1-3,7-8H2;2-5,10H,1H3. The van der Waals surface area contributed by atoms with Gasteiger partial charge in [-0.2, -0.15) is 0 Å². The maximum absolute atomic E-state index is 12.1. The summed E-state index contributed by atoms with van der Waals surface area (Å²) in [6.07, 6.45) is 4.71. The van der Waals surface area contributed by atoms with Crippen LogP contribution in [0.4, 0.5) is 0 Å². The Hall–Kier alpha value is -3.15. The van der Waals surface area contributed by atoms with E-state index in [9.17, 15) is 14.4 Å². The maximum Gasteiger partial charge on any atom is 0.253 e. The zero-order chi connectivity index (χ0) is 19.6. The van der Waals surface area contributed by atoms with Gasteiger partial charge in [-0.05, 0) is 43.5 Å². The van der Waals surface area contributed by atoms with Gasteiger partial charge in [0.2, 0.25) is 0 Å². The fourth-order valence-corrected chi connectivity index (χ4v) is 2.85. The van der Waals surface area contributed by atoms with Crippen molar-refractivity contribution in [2.75, 3.05) is 20.2 Å². The lowest BCUT2D eigenvalue weighted by molar-refractivity contribution is 0.0724. The Bertz CT molecular complexity index is 797. The molecule has 0 aromatic heterocycles. The second-order valence-corrected chi connectivity index (χ2v) is 6.11. The first-order valence-electron chi connectivity index (χ1n) is 8.76. The summed E-state index contributed by atoms with van der Waals surface area (Å²) in [4.78, 5) is 34.9. The third-order valence-corrected chi connectivity index (χ3v) is 4.29. The van der Waals surface area contributed by atoms with E-state index in [1.807, 2.05) is 4.90 Å². The van der Waals surface area contributed by atoms with Gasteiger partial charge in [0.05, 0.1) is 12.7 Å². The number of ether oxygens (including phenoxy) is 1. The number of nitrogens with zero attached hydrogens (tertiary/aromatic N) is 1. The Morgan fingerprint density at radius 2 is 1.74 bits per heavy atom. The molecule has 2 aromatic rings. The van der Waals surface area contributed by atoms with Gasteiger partial charge < -0.3 is 14.7 Å². The normalized spacial score (nSPS) is 13.1. The van der Waals surface area contributed by atoms with Crippen LogP contribution in [0.1, 0.15) is 50.3 Å². The van der Waals surface area contributed by atoms with Gasteiger partial charge in [-0.15, -0.1) is 0 Å². The van der Waals surface area contributed by atoms with Crippen LogP contribution in [0.3, 0.4) is 0 Å². The number of carbonyl (C=O) groups is 3. The van der Waals surface area contributed by atoms with Crippen molar-refractivity contribution in [1.29, 1.82) is 0 Å². The monoisotopic (exact) mass is 369 g/mol. The highest BCUT2D eigenvalue weighted by Gasteiger charge is 2.17. The number of methoxy groups -OCH3 is 1. The van der Waals surface area contributed by atoms with E-state index >= 15 is 0 Å². The lowest BCUT2D eigenvalue weighted by Crippen LogP contribution is -2.35. The molecule has 0 aliphatic carbocycles. The zero-order valence-corrected chi connectivity index (χ0v) is 15.3. The number of aldehydes is 2. The molecule has 27 heavy (non-hydrogen) atoms. The first-order valence-corrected chi connectivity index (χ1v) is 8.76. The highest BCUT2D eigenvalue weighted by Crippen LogP contribution is 2.24. The lowest BCUT2D eigenvalue weighted by atomic mass is 10.1. The number of amides is 1. The third-order valence-electron chi connectivity index (χ3n) is 4.29. The van der Waals surface area contributed by atoms with E-state index in [1.54, 1.807) is 36.4 Å². The van der Waals surface area contributed by atoms with Gasteiger partial charge in [-0.25, -0.2) is 0 Å². The van der Waals surface area contributed by atoms with Crippen LogP contribution in [-0.4, -0.2) is 48.7 Å². The second-order valence-electron chi connectivity index (χ2n) is 6.11. The van der Waals surface area contributed by atoms with E-state index < -0.39 is 0 Å². The topological polar surface area (TPSA) is 83.9 Å². The lowest BCUT2D eigenvalue weighted by Gasteiger charge is -2.26. The average Bonchev–Trinajstić information content (AvgIpc) is 2.74. The minimum Gasteiger partial charge on any atom is -0.507 e. The number of benzene rings is 2. The molecule has 0 atom stereocenters. The number of likely N-dealkylation sites (tertiary alicyclic amines) is 1. The largest absolute Gasteiger partial charge is 0.507 e. The predicted molar refractivity (Wildman–Crippen MR) is 102 cm³/mol. The van der Waals surface area contributed by atoms with Gasteiger partial charge in [-0.1, -0.05) is 18.2 Å². The Labute approximate surface area is 158 Å². The summed E-state index contributed by atoms with van der Waals surface area (Å²) in [5, 5.41) is 9.11. The van der Waals surface area contributed by atoms with Crippen molar-refractivity contribution in [1.82, 2.24) is 4.90 Å².